The molecule has 0 amide bonds. The molecule has 2 rings (SSSR count). The lowest BCUT2D eigenvalue weighted by Crippen LogP contribution is -2.62. The van der Waals surface area contributed by atoms with Gasteiger partial charge in [0.05, 0.1) is 6.61 Å². The molecule has 0 spiro atoms. The standard InChI is InChI=1S/C9H16O6/c1-4-13-3-5-8(14-4)6(10)7(11)9(12-2)15-5/h4-11H,3H2,1-2H3/t4?,5-,6+,7-,8-,9-/m1/s1. The Kier molecular flexibility index (Phi) is 3.24. The van der Waals surface area contributed by atoms with Gasteiger partial charge in [-0.3, -0.25) is 0 Å². The molecule has 0 bridgehead atoms. The molecule has 15 heavy (non-hydrogen) atoms. The van der Waals surface area contributed by atoms with Crippen LogP contribution >= 0.6 is 0 Å². The Labute approximate surface area is 87.7 Å². The third-order valence-corrected chi connectivity index (χ3v) is 2.72. The molecule has 0 aromatic heterocycles. The Morgan fingerprint density at radius 2 is 1.93 bits per heavy atom. The van der Waals surface area contributed by atoms with Crippen LogP contribution in [0.4, 0.5) is 0 Å². The van der Waals surface area contributed by atoms with Gasteiger partial charge >= 0.3 is 0 Å². The highest BCUT2D eigenvalue weighted by Crippen LogP contribution is 2.28. The molecule has 2 aliphatic heterocycles. The Morgan fingerprint density at radius 1 is 1.20 bits per heavy atom. The normalized spacial score (nSPS) is 51.2. The number of aliphatic hydroxyl groups excluding tert-OH is 2. The summed E-state index contributed by atoms with van der Waals surface area (Å²) >= 11 is 0. The second kappa shape index (κ2) is 4.32. The molecule has 6 nitrogen and oxygen atoms in total. The molecule has 2 aliphatic rings. The van der Waals surface area contributed by atoms with Crippen molar-refractivity contribution in [3.8, 4) is 0 Å². The smallest absolute Gasteiger partial charge is 0.186 e. The van der Waals surface area contributed by atoms with E-state index in [1.165, 1.54) is 7.11 Å². The molecule has 0 saturated carbocycles. The largest absolute Gasteiger partial charge is 0.387 e. The van der Waals surface area contributed by atoms with Crippen LogP contribution < -0.4 is 0 Å². The van der Waals surface area contributed by atoms with Gasteiger partial charge in [0.25, 0.3) is 0 Å². The number of methoxy groups -OCH3 is 1. The molecule has 6 heteroatoms. The molecule has 6 atom stereocenters. The van der Waals surface area contributed by atoms with Crippen molar-refractivity contribution in [1.82, 2.24) is 0 Å². The molecule has 2 heterocycles. The molecular formula is C9H16O6. The van der Waals surface area contributed by atoms with Gasteiger partial charge in [-0.25, -0.2) is 0 Å². The Balaban J connectivity index is 2.07. The van der Waals surface area contributed by atoms with Crippen LogP contribution in [0.15, 0.2) is 0 Å². The molecule has 2 N–H and O–H groups in total. The van der Waals surface area contributed by atoms with Crippen molar-refractivity contribution in [2.45, 2.75) is 43.9 Å². The third kappa shape index (κ3) is 2.01. The number of rotatable bonds is 1. The molecule has 0 radical (unpaired) electrons. The third-order valence-electron chi connectivity index (χ3n) is 2.72. The fourth-order valence-corrected chi connectivity index (χ4v) is 1.89. The summed E-state index contributed by atoms with van der Waals surface area (Å²) in [5, 5.41) is 19.4. The lowest BCUT2D eigenvalue weighted by molar-refractivity contribution is -0.352. The highest BCUT2D eigenvalue weighted by atomic mass is 16.7. The van der Waals surface area contributed by atoms with Gasteiger partial charge in [-0.1, -0.05) is 0 Å². The maximum atomic E-state index is 9.80. The fourth-order valence-electron chi connectivity index (χ4n) is 1.89. The predicted molar refractivity (Wildman–Crippen MR) is 48.0 cm³/mol. The minimum Gasteiger partial charge on any atom is -0.387 e. The van der Waals surface area contributed by atoms with E-state index in [0.717, 1.165) is 0 Å². The van der Waals surface area contributed by atoms with Crippen LogP contribution in [0.2, 0.25) is 0 Å². The highest BCUT2D eigenvalue weighted by Gasteiger charge is 2.48. The van der Waals surface area contributed by atoms with Crippen molar-refractivity contribution >= 4 is 0 Å². The zero-order valence-corrected chi connectivity index (χ0v) is 8.70. The first-order valence-electron chi connectivity index (χ1n) is 4.95. The quantitative estimate of drug-likeness (QED) is 0.580. The SMILES string of the molecule is CO[C@@H]1O[C@@H]2COC(C)O[C@H]2[C@@H](O)[C@H]1O. The molecule has 88 valence electrons. The minimum atomic E-state index is -1.10. The van der Waals surface area contributed by atoms with Crippen LogP contribution in [0.3, 0.4) is 0 Å². The molecule has 1 unspecified atom stereocenters. The summed E-state index contributed by atoms with van der Waals surface area (Å²) in [5.41, 5.74) is 0. The molecule has 0 aliphatic carbocycles. The molecule has 2 saturated heterocycles. The van der Waals surface area contributed by atoms with Crippen LogP contribution in [0, 0.1) is 0 Å². The van der Waals surface area contributed by atoms with Crippen molar-refractivity contribution < 1.29 is 29.2 Å². The number of hydrogen-bond donors (Lipinski definition) is 2. The van der Waals surface area contributed by atoms with Gasteiger partial charge in [0, 0.05) is 7.11 Å². The van der Waals surface area contributed by atoms with Crippen molar-refractivity contribution in [2.75, 3.05) is 13.7 Å². The molecule has 0 aromatic carbocycles. The van der Waals surface area contributed by atoms with Gasteiger partial charge in [-0.2, -0.15) is 0 Å². The Bertz CT molecular complexity index is 221. The van der Waals surface area contributed by atoms with E-state index in [0.29, 0.717) is 6.61 Å². The minimum absolute atomic E-state index is 0.329. The lowest BCUT2D eigenvalue weighted by atomic mass is 9.98. The van der Waals surface area contributed by atoms with E-state index < -0.39 is 37.0 Å². The zero-order chi connectivity index (χ0) is 11.0. The summed E-state index contributed by atoms with van der Waals surface area (Å²) in [6.07, 6.45) is -4.29. The van der Waals surface area contributed by atoms with E-state index in [1.54, 1.807) is 6.92 Å². The van der Waals surface area contributed by atoms with Gasteiger partial charge in [0.1, 0.15) is 24.4 Å². The first-order chi connectivity index (χ1) is 7.13. The topological polar surface area (TPSA) is 77.4 Å². The van der Waals surface area contributed by atoms with E-state index in [9.17, 15) is 10.2 Å². The van der Waals surface area contributed by atoms with Crippen molar-refractivity contribution in [3.63, 3.8) is 0 Å². The predicted octanol–water partition coefficient (Wildman–Crippen LogP) is -1.16. The Morgan fingerprint density at radius 3 is 2.60 bits per heavy atom. The fraction of sp³-hybridized carbons (Fsp3) is 1.00. The van der Waals surface area contributed by atoms with Gasteiger partial charge in [-0.05, 0) is 6.92 Å². The maximum Gasteiger partial charge on any atom is 0.186 e. The van der Waals surface area contributed by atoms with Gasteiger partial charge < -0.3 is 29.2 Å². The van der Waals surface area contributed by atoms with Gasteiger partial charge in [-0.15, -0.1) is 0 Å². The molecule has 2 fully saturated rings. The average molecular weight is 220 g/mol. The summed E-state index contributed by atoms with van der Waals surface area (Å²) in [5.74, 6) is 0. The van der Waals surface area contributed by atoms with Gasteiger partial charge in [0.2, 0.25) is 0 Å². The van der Waals surface area contributed by atoms with Crippen molar-refractivity contribution in [3.05, 3.63) is 0 Å². The van der Waals surface area contributed by atoms with Crippen LogP contribution in [-0.2, 0) is 18.9 Å². The highest BCUT2D eigenvalue weighted by molar-refractivity contribution is 4.91. The number of hydrogen-bond acceptors (Lipinski definition) is 6. The first kappa shape index (κ1) is 11.3. The summed E-state index contributed by atoms with van der Waals surface area (Å²) < 4.78 is 20.9. The summed E-state index contributed by atoms with van der Waals surface area (Å²) in [6.45, 7) is 2.06. The molecular weight excluding hydrogens is 204 g/mol. The second-order valence-corrected chi connectivity index (χ2v) is 3.76. The van der Waals surface area contributed by atoms with Crippen LogP contribution in [0.25, 0.3) is 0 Å². The van der Waals surface area contributed by atoms with E-state index in [4.69, 9.17) is 18.9 Å². The van der Waals surface area contributed by atoms with Crippen LogP contribution in [0.5, 0.6) is 0 Å². The number of ether oxygens (including phenoxy) is 4. The van der Waals surface area contributed by atoms with Crippen molar-refractivity contribution in [2.24, 2.45) is 0 Å². The van der Waals surface area contributed by atoms with Gasteiger partial charge in [0.15, 0.2) is 12.6 Å². The second-order valence-electron chi connectivity index (χ2n) is 3.76. The summed E-state index contributed by atoms with van der Waals surface area (Å²) in [6, 6.07) is 0. The van der Waals surface area contributed by atoms with Crippen LogP contribution in [-0.4, -0.2) is 60.9 Å². The summed E-state index contributed by atoms with van der Waals surface area (Å²) in [4.78, 5) is 0. The maximum absolute atomic E-state index is 9.80. The Hall–Kier alpha value is -0.240. The number of fused-ring (bicyclic) bond motifs is 1. The first-order valence-corrected chi connectivity index (χ1v) is 4.95. The van der Waals surface area contributed by atoms with E-state index in [-0.39, 0.29) is 0 Å². The number of aliphatic hydroxyl groups is 2. The molecule has 0 aromatic rings. The average Bonchev–Trinajstić information content (AvgIpc) is 2.24. The van der Waals surface area contributed by atoms with E-state index in [1.807, 2.05) is 0 Å². The van der Waals surface area contributed by atoms with Crippen LogP contribution in [0.1, 0.15) is 6.92 Å². The summed E-state index contributed by atoms with van der Waals surface area (Å²) in [7, 11) is 1.41. The zero-order valence-electron chi connectivity index (χ0n) is 8.70. The van der Waals surface area contributed by atoms with E-state index in [2.05, 4.69) is 0 Å². The lowest BCUT2D eigenvalue weighted by Gasteiger charge is -2.45. The monoisotopic (exact) mass is 220 g/mol. The van der Waals surface area contributed by atoms with E-state index >= 15 is 0 Å². The van der Waals surface area contributed by atoms with Crippen molar-refractivity contribution in [1.29, 1.82) is 0 Å².